The highest BCUT2D eigenvalue weighted by Crippen LogP contribution is 2.35. The third-order valence-electron chi connectivity index (χ3n) is 6.06. The molecule has 1 aliphatic rings. The Bertz CT molecular complexity index is 1230. The van der Waals surface area contributed by atoms with Gasteiger partial charge in [-0.25, -0.2) is 9.67 Å². The Morgan fingerprint density at radius 2 is 1.82 bits per heavy atom. The maximum absolute atomic E-state index is 9.32. The molecular weight excluding hydrogens is 430 g/mol. The van der Waals surface area contributed by atoms with Gasteiger partial charge in [0.2, 0.25) is 0 Å². The number of hydrogen-bond acceptors (Lipinski definition) is 7. The number of aliphatic hydroxyl groups excluding tert-OH is 1. The number of anilines is 1. The number of methoxy groups -OCH3 is 1. The van der Waals surface area contributed by atoms with Crippen molar-refractivity contribution in [2.24, 2.45) is 0 Å². The molecule has 1 aliphatic heterocycles. The molecule has 1 saturated heterocycles. The van der Waals surface area contributed by atoms with E-state index in [9.17, 15) is 5.11 Å². The van der Waals surface area contributed by atoms with Crippen LogP contribution in [0.4, 0.5) is 5.82 Å². The summed E-state index contributed by atoms with van der Waals surface area (Å²) in [4.78, 5) is 4.66. The number of fused-ring (bicyclic) bond motifs is 1. The van der Waals surface area contributed by atoms with E-state index in [0.717, 1.165) is 59.7 Å². The van der Waals surface area contributed by atoms with E-state index in [4.69, 9.17) is 14.6 Å². The molecule has 4 aromatic rings. The molecule has 3 N–H and O–H groups in total. The number of nitrogens with one attached hydrogen (secondary N) is 2. The quantitative estimate of drug-likeness (QED) is 0.368. The first-order chi connectivity index (χ1) is 16.7. The second-order valence-electron chi connectivity index (χ2n) is 8.45. The maximum Gasteiger partial charge on any atom is 0.164 e. The lowest BCUT2D eigenvalue weighted by molar-refractivity contribution is 0.281. The third kappa shape index (κ3) is 4.83. The predicted octanol–water partition coefficient (Wildman–Crippen LogP) is 3.94. The molecule has 3 heterocycles. The van der Waals surface area contributed by atoms with Gasteiger partial charge in [-0.15, -0.1) is 0 Å². The molecule has 2 aromatic carbocycles. The van der Waals surface area contributed by atoms with Crippen LogP contribution in [0.25, 0.3) is 11.0 Å². The fraction of sp³-hybridized carbons (Fsp3) is 0.308. The van der Waals surface area contributed by atoms with Crippen molar-refractivity contribution in [3.8, 4) is 17.2 Å². The molecule has 0 spiro atoms. The summed E-state index contributed by atoms with van der Waals surface area (Å²) in [5, 5.41) is 22.2. The summed E-state index contributed by atoms with van der Waals surface area (Å²) in [5.74, 6) is 2.97. The molecule has 0 saturated carbocycles. The number of ether oxygens (including phenoxy) is 2. The first kappa shape index (κ1) is 22.2. The van der Waals surface area contributed by atoms with Gasteiger partial charge in [0.05, 0.1) is 20.3 Å². The van der Waals surface area contributed by atoms with Gasteiger partial charge in [-0.3, -0.25) is 0 Å². The average molecular weight is 460 g/mol. The van der Waals surface area contributed by atoms with Gasteiger partial charge in [0.15, 0.2) is 11.5 Å². The first-order valence-electron chi connectivity index (χ1n) is 11.6. The van der Waals surface area contributed by atoms with Crippen LogP contribution in [0, 0.1) is 0 Å². The van der Waals surface area contributed by atoms with Crippen LogP contribution in [-0.4, -0.2) is 46.1 Å². The summed E-state index contributed by atoms with van der Waals surface area (Å²) >= 11 is 0. The van der Waals surface area contributed by atoms with Crippen LogP contribution in [0.1, 0.15) is 24.0 Å². The molecule has 1 atom stereocenters. The van der Waals surface area contributed by atoms with E-state index in [1.165, 1.54) is 0 Å². The lowest BCUT2D eigenvalue weighted by Crippen LogP contribution is -2.38. The lowest BCUT2D eigenvalue weighted by atomic mass is 10.1. The normalized spacial score (nSPS) is 15.9. The minimum atomic E-state index is 0.00139. The van der Waals surface area contributed by atoms with Gasteiger partial charge in [0, 0.05) is 24.8 Å². The summed E-state index contributed by atoms with van der Waals surface area (Å²) in [7, 11) is 1.66. The van der Waals surface area contributed by atoms with Gasteiger partial charge >= 0.3 is 0 Å². The number of piperidine rings is 1. The smallest absolute Gasteiger partial charge is 0.164 e. The van der Waals surface area contributed by atoms with Gasteiger partial charge < -0.3 is 25.2 Å². The Morgan fingerprint density at radius 1 is 1.06 bits per heavy atom. The summed E-state index contributed by atoms with van der Waals surface area (Å²) in [6.45, 7) is 2.52. The summed E-state index contributed by atoms with van der Waals surface area (Å²) in [6.07, 6.45) is 3.96. The van der Waals surface area contributed by atoms with Crippen LogP contribution in [0.15, 0.2) is 60.8 Å². The number of hydrogen-bond donors (Lipinski definition) is 3. The first-order valence-corrected chi connectivity index (χ1v) is 11.6. The highest BCUT2D eigenvalue weighted by Gasteiger charge is 2.21. The predicted molar refractivity (Wildman–Crippen MR) is 132 cm³/mol. The van der Waals surface area contributed by atoms with E-state index < -0.39 is 0 Å². The van der Waals surface area contributed by atoms with Crippen molar-refractivity contribution in [1.82, 2.24) is 20.1 Å². The number of aromatic nitrogens is 3. The zero-order valence-corrected chi connectivity index (χ0v) is 19.2. The van der Waals surface area contributed by atoms with Crippen LogP contribution in [0.5, 0.6) is 17.2 Å². The lowest BCUT2D eigenvalue weighted by Gasteiger charge is -2.23. The van der Waals surface area contributed by atoms with Crippen LogP contribution < -0.4 is 20.1 Å². The summed E-state index contributed by atoms with van der Waals surface area (Å²) in [5.41, 5.74) is 2.70. The van der Waals surface area contributed by atoms with Gasteiger partial charge in [-0.05, 0) is 54.8 Å². The number of aliphatic hydroxyl groups is 1. The van der Waals surface area contributed by atoms with Crippen LogP contribution in [0.3, 0.4) is 0 Å². The Kier molecular flexibility index (Phi) is 6.60. The molecular formula is C26H29N5O3. The summed E-state index contributed by atoms with van der Waals surface area (Å²) < 4.78 is 13.5. The molecule has 8 nitrogen and oxygen atoms in total. The number of pyridine rings is 1. The zero-order valence-electron chi connectivity index (χ0n) is 19.2. The van der Waals surface area contributed by atoms with E-state index in [1.807, 2.05) is 59.3 Å². The summed E-state index contributed by atoms with van der Waals surface area (Å²) in [6, 6.07) is 17.6. The van der Waals surface area contributed by atoms with Crippen molar-refractivity contribution in [3.05, 3.63) is 71.9 Å². The SMILES string of the molecule is COc1ccc(Cn2nc(N[C@@H]3CCCNC3)c3c(Oc4ccc(CO)cc4)ccnc32)cc1. The molecule has 0 amide bonds. The van der Waals surface area contributed by atoms with Crippen LogP contribution in [0.2, 0.25) is 0 Å². The van der Waals surface area contributed by atoms with Crippen molar-refractivity contribution in [2.45, 2.75) is 32.0 Å². The van der Waals surface area contributed by atoms with Crippen LogP contribution in [-0.2, 0) is 13.2 Å². The van der Waals surface area contributed by atoms with E-state index in [-0.39, 0.29) is 12.6 Å². The second-order valence-corrected chi connectivity index (χ2v) is 8.45. The molecule has 1 fully saturated rings. The highest BCUT2D eigenvalue weighted by atomic mass is 16.5. The van der Waals surface area contributed by atoms with Crippen molar-refractivity contribution < 1.29 is 14.6 Å². The van der Waals surface area contributed by atoms with Crippen molar-refractivity contribution >= 4 is 16.9 Å². The zero-order chi connectivity index (χ0) is 23.3. The van der Waals surface area contributed by atoms with Crippen molar-refractivity contribution in [3.63, 3.8) is 0 Å². The second kappa shape index (κ2) is 10.1. The minimum absolute atomic E-state index is 0.00139. The maximum atomic E-state index is 9.32. The molecule has 0 aliphatic carbocycles. The molecule has 0 unspecified atom stereocenters. The standard InChI is InChI=1S/C26H29N5O3/c1-33-21-8-4-18(5-9-21)16-31-26-24(25(30-31)29-20-3-2-13-27-15-20)23(12-14-28-26)34-22-10-6-19(17-32)7-11-22/h4-12,14,20,27,32H,2-3,13,15-17H2,1H3,(H,29,30)/t20-/m1/s1. The van der Waals surface area contributed by atoms with Gasteiger partial charge in [-0.1, -0.05) is 24.3 Å². The molecule has 5 rings (SSSR count). The molecule has 2 aromatic heterocycles. The largest absolute Gasteiger partial charge is 0.497 e. The van der Waals surface area contributed by atoms with E-state index >= 15 is 0 Å². The number of rotatable bonds is 8. The molecule has 34 heavy (non-hydrogen) atoms. The van der Waals surface area contributed by atoms with E-state index in [1.54, 1.807) is 13.3 Å². The van der Waals surface area contributed by atoms with E-state index in [2.05, 4.69) is 15.6 Å². The Labute approximate surface area is 198 Å². The molecule has 176 valence electrons. The van der Waals surface area contributed by atoms with Gasteiger partial charge in [-0.2, -0.15) is 5.10 Å². The van der Waals surface area contributed by atoms with Gasteiger partial charge in [0.25, 0.3) is 0 Å². The number of nitrogens with zero attached hydrogens (tertiary/aromatic N) is 3. The Hall–Kier alpha value is -3.62. The topological polar surface area (TPSA) is 93.5 Å². The fourth-order valence-corrected chi connectivity index (χ4v) is 4.23. The van der Waals surface area contributed by atoms with Crippen LogP contribution >= 0.6 is 0 Å². The molecule has 8 heteroatoms. The minimum Gasteiger partial charge on any atom is -0.497 e. The van der Waals surface area contributed by atoms with E-state index in [0.29, 0.717) is 18.0 Å². The average Bonchev–Trinajstić information content (AvgIpc) is 3.23. The monoisotopic (exact) mass is 459 g/mol. The highest BCUT2D eigenvalue weighted by molar-refractivity contribution is 5.93. The number of benzene rings is 2. The third-order valence-corrected chi connectivity index (χ3v) is 6.06. The van der Waals surface area contributed by atoms with Gasteiger partial charge in [0.1, 0.15) is 22.6 Å². The molecule has 0 bridgehead atoms. The van der Waals surface area contributed by atoms with Crippen molar-refractivity contribution in [2.75, 3.05) is 25.5 Å². The Balaban J connectivity index is 1.51. The fourth-order valence-electron chi connectivity index (χ4n) is 4.23. The Morgan fingerprint density at radius 3 is 2.53 bits per heavy atom. The van der Waals surface area contributed by atoms with Crippen molar-refractivity contribution in [1.29, 1.82) is 0 Å². The molecule has 0 radical (unpaired) electrons.